The van der Waals surface area contributed by atoms with E-state index in [0.717, 1.165) is 22.2 Å². The summed E-state index contributed by atoms with van der Waals surface area (Å²) in [7, 11) is 0. The van der Waals surface area contributed by atoms with E-state index in [1.807, 2.05) is 12.1 Å². The molecule has 2 aromatic carbocycles. The summed E-state index contributed by atoms with van der Waals surface area (Å²) >= 11 is 0. The number of nitrogens with zero attached hydrogens (tertiary/aromatic N) is 5. The molecule has 33 heavy (non-hydrogen) atoms. The van der Waals surface area contributed by atoms with Gasteiger partial charge in [-0.25, -0.2) is 14.4 Å². The number of imide groups is 1. The Morgan fingerprint density at radius 2 is 1.73 bits per heavy atom. The highest BCUT2D eigenvalue weighted by Crippen LogP contribution is 2.38. The number of urea groups is 1. The van der Waals surface area contributed by atoms with Crippen LogP contribution in [0.2, 0.25) is 0 Å². The van der Waals surface area contributed by atoms with Crippen molar-refractivity contribution in [1.82, 2.24) is 14.7 Å². The third kappa shape index (κ3) is 3.82. The van der Waals surface area contributed by atoms with Crippen molar-refractivity contribution >= 4 is 17.6 Å². The van der Waals surface area contributed by atoms with Gasteiger partial charge in [-0.3, -0.25) is 4.79 Å². The lowest BCUT2D eigenvalue weighted by Gasteiger charge is -2.27. The van der Waals surface area contributed by atoms with Gasteiger partial charge in [0.05, 0.1) is 28.6 Å². The molecule has 168 valence electrons. The normalized spacial score (nSPS) is 15.8. The molecule has 0 unspecified atom stereocenters. The molecular weight excluding hydrogens is 435 g/mol. The third-order valence-corrected chi connectivity index (χ3v) is 5.56. The highest BCUT2D eigenvalue weighted by Gasteiger charge is 2.52. The second-order valence-electron chi connectivity index (χ2n) is 8.02. The first-order chi connectivity index (χ1) is 15.5. The zero-order valence-corrected chi connectivity index (χ0v) is 17.7. The van der Waals surface area contributed by atoms with Crippen LogP contribution in [0.4, 0.5) is 23.7 Å². The molecular formula is C23H18F3N5O2. The van der Waals surface area contributed by atoms with Crippen LogP contribution in [0.3, 0.4) is 0 Å². The van der Waals surface area contributed by atoms with Gasteiger partial charge >= 0.3 is 12.2 Å². The minimum absolute atomic E-state index is 0.0792. The largest absolute Gasteiger partial charge is 0.417 e. The lowest BCUT2D eigenvalue weighted by molar-refractivity contribution is -0.137. The fourth-order valence-corrected chi connectivity index (χ4v) is 3.69. The van der Waals surface area contributed by atoms with Crippen molar-refractivity contribution in [2.24, 2.45) is 0 Å². The van der Waals surface area contributed by atoms with Gasteiger partial charge < -0.3 is 4.90 Å². The van der Waals surface area contributed by atoms with Gasteiger partial charge in [0, 0.05) is 18.9 Å². The number of rotatable bonds is 4. The van der Waals surface area contributed by atoms with E-state index in [1.165, 1.54) is 17.0 Å². The SMILES string of the molecule is CC1(C)C(=O)N(c2ccc(C#N)c(C(F)(F)F)c2)C(=O)N1Cc1ccc(-n2cccn2)cc1. The maximum Gasteiger partial charge on any atom is 0.417 e. The summed E-state index contributed by atoms with van der Waals surface area (Å²) in [4.78, 5) is 28.3. The zero-order valence-electron chi connectivity index (χ0n) is 17.7. The van der Waals surface area contributed by atoms with E-state index in [2.05, 4.69) is 5.10 Å². The van der Waals surface area contributed by atoms with Crippen LogP contribution in [0.15, 0.2) is 60.9 Å². The maximum absolute atomic E-state index is 13.4. The number of carbonyl (C=O) groups excluding carboxylic acids is 2. The van der Waals surface area contributed by atoms with Crippen molar-refractivity contribution in [3.8, 4) is 11.8 Å². The maximum atomic E-state index is 13.4. The number of anilines is 1. The van der Waals surface area contributed by atoms with Crippen molar-refractivity contribution < 1.29 is 22.8 Å². The highest BCUT2D eigenvalue weighted by atomic mass is 19.4. The third-order valence-electron chi connectivity index (χ3n) is 5.56. The molecule has 0 atom stereocenters. The van der Waals surface area contributed by atoms with Gasteiger partial charge in [-0.1, -0.05) is 12.1 Å². The summed E-state index contributed by atoms with van der Waals surface area (Å²) in [6, 6.07) is 12.5. The summed E-state index contributed by atoms with van der Waals surface area (Å²) < 4.78 is 41.8. The van der Waals surface area contributed by atoms with E-state index in [0.29, 0.717) is 6.07 Å². The number of aromatic nitrogens is 2. The monoisotopic (exact) mass is 453 g/mol. The predicted octanol–water partition coefficient (Wildman–Crippen LogP) is 4.51. The minimum Gasteiger partial charge on any atom is -0.305 e. The molecule has 1 saturated heterocycles. The lowest BCUT2D eigenvalue weighted by Crippen LogP contribution is -2.43. The summed E-state index contributed by atoms with van der Waals surface area (Å²) in [5, 5.41) is 13.1. The van der Waals surface area contributed by atoms with Gasteiger partial charge in [0.15, 0.2) is 0 Å². The second kappa shape index (κ2) is 7.78. The number of amides is 3. The molecule has 0 N–H and O–H groups in total. The molecule has 3 aromatic rings. The van der Waals surface area contributed by atoms with Crippen LogP contribution < -0.4 is 4.90 Å². The topological polar surface area (TPSA) is 82.2 Å². The zero-order chi connectivity index (χ0) is 24.0. The molecule has 1 aliphatic rings. The van der Waals surface area contributed by atoms with Gasteiger partial charge in [0.25, 0.3) is 5.91 Å². The molecule has 0 aliphatic carbocycles. The number of nitriles is 1. The van der Waals surface area contributed by atoms with Crippen LogP contribution in [-0.2, 0) is 17.5 Å². The molecule has 0 bridgehead atoms. The molecule has 0 saturated carbocycles. The van der Waals surface area contributed by atoms with Crippen molar-refractivity contribution in [2.45, 2.75) is 32.1 Å². The van der Waals surface area contributed by atoms with Crippen molar-refractivity contribution in [3.63, 3.8) is 0 Å². The van der Waals surface area contributed by atoms with Gasteiger partial charge in [-0.2, -0.15) is 23.5 Å². The van der Waals surface area contributed by atoms with E-state index in [9.17, 15) is 22.8 Å². The Bertz CT molecular complexity index is 1260. The molecule has 0 spiro atoms. The van der Waals surface area contributed by atoms with Gasteiger partial charge in [0.2, 0.25) is 0 Å². The summed E-state index contributed by atoms with van der Waals surface area (Å²) in [5.41, 5.74) is -1.76. The van der Waals surface area contributed by atoms with E-state index >= 15 is 0 Å². The van der Waals surface area contributed by atoms with Crippen LogP contribution in [0.25, 0.3) is 5.69 Å². The first kappa shape index (κ1) is 22.1. The average molecular weight is 453 g/mol. The van der Waals surface area contributed by atoms with Crippen LogP contribution in [0.5, 0.6) is 0 Å². The van der Waals surface area contributed by atoms with E-state index < -0.39 is 34.8 Å². The van der Waals surface area contributed by atoms with E-state index in [1.54, 1.807) is 49.1 Å². The molecule has 1 aromatic heterocycles. The summed E-state index contributed by atoms with van der Waals surface area (Å²) in [6.45, 7) is 3.16. The van der Waals surface area contributed by atoms with Crippen molar-refractivity contribution in [2.75, 3.05) is 4.90 Å². The van der Waals surface area contributed by atoms with Crippen LogP contribution in [-0.4, -0.2) is 32.2 Å². The van der Waals surface area contributed by atoms with Gasteiger partial charge in [-0.15, -0.1) is 0 Å². The highest BCUT2D eigenvalue weighted by molar-refractivity contribution is 6.23. The van der Waals surface area contributed by atoms with Crippen molar-refractivity contribution in [1.29, 1.82) is 5.26 Å². The fraction of sp³-hybridized carbons (Fsp3) is 0.217. The van der Waals surface area contributed by atoms with Crippen LogP contribution >= 0.6 is 0 Å². The Labute approximate surface area is 187 Å². The summed E-state index contributed by atoms with van der Waals surface area (Å²) in [6.07, 6.45) is -1.38. The number of benzene rings is 2. The standard InChI is InChI=1S/C23H18F3N5O2/c1-22(2)20(32)31(18-9-6-16(13-27)19(12-18)23(24,25)26)21(33)29(22)14-15-4-7-17(8-5-15)30-11-3-10-28-30/h3-12H,14H2,1-2H3. The lowest BCUT2D eigenvalue weighted by atomic mass is 10.0. The molecule has 10 heteroatoms. The number of carbonyl (C=O) groups is 2. The van der Waals surface area contributed by atoms with E-state index in [4.69, 9.17) is 5.26 Å². The Kier molecular flexibility index (Phi) is 5.20. The van der Waals surface area contributed by atoms with Gasteiger partial charge in [-0.05, 0) is 55.8 Å². The molecule has 1 fully saturated rings. The molecule has 7 nitrogen and oxygen atoms in total. The molecule has 2 heterocycles. The predicted molar refractivity (Wildman–Crippen MR) is 112 cm³/mol. The smallest absolute Gasteiger partial charge is 0.305 e. The quantitative estimate of drug-likeness (QED) is 0.545. The van der Waals surface area contributed by atoms with Crippen LogP contribution in [0.1, 0.15) is 30.5 Å². The molecule has 4 rings (SSSR count). The number of alkyl halides is 3. The van der Waals surface area contributed by atoms with Crippen LogP contribution in [0, 0.1) is 11.3 Å². The second-order valence-corrected chi connectivity index (χ2v) is 8.02. The Morgan fingerprint density at radius 1 is 1.06 bits per heavy atom. The fourth-order valence-electron chi connectivity index (χ4n) is 3.69. The average Bonchev–Trinajstić information content (AvgIpc) is 3.36. The minimum atomic E-state index is -4.81. The number of halogens is 3. The molecule has 3 amide bonds. The van der Waals surface area contributed by atoms with Gasteiger partial charge in [0.1, 0.15) is 5.54 Å². The molecule has 1 aliphatic heterocycles. The van der Waals surface area contributed by atoms with Crippen molar-refractivity contribution in [3.05, 3.63) is 77.6 Å². The Morgan fingerprint density at radius 3 is 2.30 bits per heavy atom. The Balaban J connectivity index is 1.64. The summed E-state index contributed by atoms with van der Waals surface area (Å²) in [5.74, 6) is -0.654. The Hall–Kier alpha value is -4.13. The van der Waals surface area contributed by atoms with E-state index in [-0.39, 0.29) is 12.2 Å². The first-order valence-electron chi connectivity index (χ1n) is 9.90. The first-order valence-corrected chi connectivity index (χ1v) is 9.90. The molecule has 0 radical (unpaired) electrons. The number of hydrogen-bond donors (Lipinski definition) is 0. The number of hydrogen-bond acceptors (Lipinski definition) is 4.